The molecule has 6 heteroatoms. The molecule has 5 nitrogen and oxygen atoms in total. The summed E-state index contributed by atoms with van der Waals surface area (Å²) in [5, 5.41) is 4.14. The van der Waals surface area contributed by atoms with E-state index in [-0.39, 0.29) is 6.04 Å². The lowest BCUT2D eigenvalue weighted by Crippen LogP contribution is -2.65. The van der Waals surface area contributed by atoms with Gasteiger partial charge >= 0.3 is 0 Å². The standard InChI is InChI=1S/C16H22N2O3S/c1-4-20-13-7-5-6-11-12-10-16(2,21-14(11)13)18(8-9-19-3)15(22)17-12/h5-7,12H,4,8-10H2,1-3H3,(H,17,22)/t12-,16+/m0/s1. The van der Waals surface area contributed by atoms with Crippen LogP contribution >= 0.6 is 12.2 Å². The summed E-state index contributed by atoms with van der Waals surface area (Å²) in [6.45, 7) is 5.96. The van der Waals surface area contributed by atoms with Gasteiger partial charge in [-0.3, -0.25) is 0 Å². The average molecular weight is 322 g/mol. The van der Waals surface area contributed by atoms with Crippen LogP contribution in [-0.2, 0) is 4.74 Å². The lowest BCUT2D eigenvalue weighted by molar-refractivity contribution is -0.0755. The largest absolute Gasteiger partial charge is 0.490 e. The molecular formula is C16H22N2O3S. The van der Waals surface area contributed by atoms with E-state index in [1.54, 1.807) is 7.11 Å². The molecule has 0 unspecified atom stereocenters. The molecule has 3 rings (SSSR count). The predicted octanol–water partition coefficient (Wildman–Crippen LogP) is 2.46. The number of nitrogens with one attached hydrogen (secondary N) is 1. The number of thiocarbonyl (C=S) groups is 1. The van der Waals surface area contributed by atoms with Crippen molar-refractivity contribution in [2.45, 2.75) is 32.0 Å². The Hall–Kier alpha value is -1.53. The van der Waals surface area contributed by atoms with Gasteiger partial charge in [0.05, 0.1) is 19.3 Å². The van der Waals surface area contributed by atoms with E-state index in [9.17, 15) is 0 Å². The van der Waals surface area contributed by atoms with Crippen molar-refractivity contribution < 1.29 is 14.2 Å². The molecule has 1 aromatic carbocycles. The Bertz CT molecular complexity index is 581. The lowest BCUT2D eigenvalue weighted by atomic mass is 9.90. The van der Waals surface area contributed by atoms with Gasteiger partial charge in [-0.1, -0.05) is 12.1 Å². The third-order valence-electron chi connectivity index (χ3n) is 4.22. The van der Waals surface area contributed by atoms with Crippen LogP contribution in [-0.4, -0.2) is 42.6 Å². The summed E-state index contributed by atoms with van der Waals surface area (Å²) < 4.78 is 17.3. The van der Waals surface area contributed by atoms with E-state index in [2.05, 4.69) is 23.2 Å². The molecule has 0 aromatic heterocycles. The summed E-state index contributed by atoms with van der Waals surface area (Å²) in [5.41, 5.74) is 0.628. The Morgan fingerprint density at radius 3 is 3.05 bits per heavy atom. The molecule has 120 valence electrons. The first-order valence-electron chi connectivity index (χ1n) is 7.61. The normalized spacial score (nSPS) is 26.0. The fourth-order valence-corrected chi connectivity index (χ4v) is 3.62. The molecule has 0 radical (unpaired) electrons. The number of hydrogen-bond acceptors (Lipinski definition) is 4. The Morgan fingerprint density at radius 2 is 2.32 bits per heavy atom. The van der Waals surface area contributed by atoms with Gasteiger partial charge in [0.2, 0.25) is 0 Å². The van der Waals surface area contributed by atoms with Crippen LogP contribution in [0.25, 0.3) is 0 Å². The van der Waals surface area contributed by atoms with Crippen molar-refractivity contribution in [3.05, 3.63) is 23.8 Å². The van der Waals surface area contributed by atoms with Crippen LogP contribution in [0.15, 0.2) is 18.2 Å². The topological polar surface area (TPSA) is 43.0 Å². The Morgan fingerprint density at radius 1 is 1.50 bits per heavy atom. The minimum Gasteiger partial charge on any atom is -0.490 e. The van der Waals surface area contributed by atoms with E-state index in [1.165, 1.54) is 0 Å². The Kier molecular flexibility index (Phi) is 4.14. The van der Waals surface area contributed by atoms with Crippen molar-refractivity contribution >= 4 is 17.3 Å². The highest BCUT2D eigenvalue weighted by Crippen LogP contribution is 2.47. The predicted molar refractivity (Wildman–Crippen MR) is 88.3 cm³/mol. The first kappa shape index (κ1) is 15.4. The van der Waals surface area contributed by atoms with Crippen LogP contribution in [0.4, 0.5) is 0 Å². The molecule has 0 spiro atoms. The van der Waals surface area contributed by atoms with Gasteiger partial charge in [-0.2, -0.15) is 0 Å². The molecular weight excluding hydrogens is 300 g/mol. The SMILES string of the molecule is CCOc1cccc2c1O[C@]1(C)C[C@@H]2NC(=S)N1CCOC. The van der Waals surface area contributed by atoms with E-state index in [0.29, 0.717) is 24.9 Å². The van der Waals surface area contributed by atoms with Crippen LogP contribution in [0, 0.1) is 0 Å². The number of fused-ring (bicyclic) bond motifs is 4. The molecule has 1 N–H and O–H groups in total. The maximum Gasteiger partial charge on any atom is 0.184 e. The van der Waals surface area contributed by atoms with Crippen molar-refractivity contribution in [2.24, 2.45) is 0 Å². The average Bonchev–Trinajstić information content (AvgIpc) is 2.48. The number of rotatable bonds is 5. The molecule has 0 aliphatic carbocycles. The number of nitrogens with zero attached hydrogens (tertiary/aromatic N) is 1. The Balaban J connectivity index is 1.97. The molecule has 2 aliphatic rings. The fraction of sp³-hybridized carbons (Fsp3) is 0.562. The minimum absolute atomic E-state index is 0.153. The molecule has 1 saturated heterocycles. The minimum atomic E-state index is -0.480. The van der Waals surface area contributed by atoms with E-state index in [0.717, 1.165) is 23.5 Å². The maximum atomic E-state index is 6.37. The van der Waals surface area contributed by atoms with E-state index in [4.69, 9.17) is 26.4 Å². The number of hydrogen-bond donors (Lipinski definition) is 1. The van der Waals surface area contributed by atoms with Gasteiger partial charge in [0.25, 0.3) is 0 Å². The molecule has 1 aromatic rings. The second kappa shape index (κ2) is 5.93. The summed E-state index contributed by atoms with van der Waals surface area (Å²) in [6.07, 6.45) is 0.833. The van der Waals surface area contributed by atoms with Crippen molar-refractivity contribution in [1.82, 2.24) is 10.2 Å². The van der Waals surface area contributed by atoms with E-state index >= 15 is 0 Å². The summed E-state index contributed by atoms with van der Waals surface area (Å²) in [6, 6.07) is 6.17. The number of methoxy groups -OCH3 is 1. The van der Waals surface area contributed by atoms with Gasteiger partial charge in [-0.15, -0.1) is 0 Å². The lowest BCUT2D eigenvalue weighted by Gasteiger charge is -2.52. The Labute approximate surface area is 136 Å². The quantitative estimate of drug-likeness (QED) is 0.840. The highest BCUT2D eigenvalue weighted by atomic mass is 32.1. The number of benzene rings is 1. The smallest absolute Gasteiger partial charge is 0.184 e. The first-order valence-corrected chi connectivity index (χ1v) is 8.01. The first-order chi connectivity index (χ1) is 10.6. The van der Waals surface area contributed by atoms with Crippen LogP contribution in [0.2, 0.25) is 0 Å². The fourth-order valence-electron chi connectivity index (χ4n) is 3.19. The summed E-state index contributed by atoms with van der Waals surface area (Å²) in [7, 11) is 1.69. The second-order valence-corrected chi connectivity index (χ2v) is 6.12. The van der Waals surface area contributed by atoms with Gasteiger partial charge in [0.1, 0.15) is 0 Å². The van der Waals surface area contributed by atoms with Gasteiger partial charge < -0.3 is 24.4 Å². The molecule has 2 atom stereocenters. The second-order valence-electron chi connectivity index (χ2n) is 5.74. The molecule has 2 heterocycles. The zero-order valence-electron chi connectivity index (χ0n) is 13.2. The molecule has 2 aliphatic heterocycles. The van der Waals surface area contributed by atoms with Crippen molar-refractivity contribution in [1.29, 1.82) is 0 Å². The van der Waals surface area contributed by atoms with Crippen molar-refractivity contribution in [2.75, 3.05) is 26.9 Å². The van der Waals surface area contributed by atoms with Crippen molar-refractivity contribution in [3.63, 3.8) is 0 Å². The summed E-state index contributed by atoms with van der Waals surface area (Å²) in [4.78, 5) is 2.06. The van der Waals surface area contributed by atoms with Gasteiger partial charge in [0.15, 0.2) is 22.3 Å². The molecule has 1 fully saturated rings. The number of para-hydroxylation sites is 1. The zero-order chi connectivity index (χ0) is 15.7. The van der Waals surface area contributed by atoms with E-state index in [1.807, 2.05) is 19.1 Å². The van der Waals surface area contributed by atoms with Gasteiger partial charge in [-0.25, -0.2) is 0 Å². The molecule has 2 bridgehead atoms. The molecule has 0 saturated carbocycles. The summed E-state index contributed by atoms with van der Waals surface area (Å²) >= 11 is 5.53. The highest BCUT2D eigenvalue weighted by molar-refractivity contribution is 7.80. The van der Waals surface area contributed by atoms with Crippen LogP contribution in [0.1, 0.15) is 31.9 Å². The zero-order valence-corrected chi connectivity index (χ0v) is 14.0. The maximum absolute atomic E-state index is 6.37. The third-order valence-corrected chi connectivity index (χ3v) is 4.56. The highest BCUT2D eigenvalue weighted by Gasteiger charge is 2.48. The van der Waals surface area contributed by atoms with Gasteiger partial charge in [0, 0.05) is 25.6 Å². The van der Waals surface area contributed by atoms with E-state index < -0.39 is 5.72 Å². The number of ether oxygens (including phenoxy) is 3. The summed E-state index contributed by atoms with van der Waals surface area (Å²) in [5.74, 6) is 1.61. The van der Waals surface area contributed by atoms with Crippen LogP contribution in [0.3, 0.4) is 0 Å². The molecule has 0 amide bonds. The van der Waals surface area contributed by atoms with Gasteiger partial charge in [-0.05, 0) is 32.1 Å². The molecule has 22 heavy (non-hydrogen) atoms. The van der Waals surface area contributed by atoms with Crippen LogP contribution in [0.5, 0.6) is 11.5 Å². The van der Waals surface area contributed by atoms with Crippen LogP contribution < -0.4 is 14.8 Å². The monoisotopic (exact) mass is 322 g/mol. The van der Waals surface area contributed by atoms with Crippen molar-refractivity contribution in [3.8, 4) is 11.5 Å². The third kappa shape index (κ3) is 2.50.